The number of ether oxygens (including phenoxy) is 2. The zero-order valence-electron chi connectivity index (χ0n) is 46.2. The molecule has 416 valence electrons. The molecule has 7 rings (SSSR count). The fraction of sp³-hybridized carbons (Fsp3) is 0.467. The van der Waals surface area contributed by atoms with Crippen molar-refractivity contribution in [2.24, 2.45) is 23.7 Å². The summed E-state index contributed by atoms with van der Waals surface area (Å²) in [5.41, 5.74) is 10.6. The van der Waals surface area contributed by atoms with Crippen molar-refractivity contribution in [1.82, 2.24) is 41.5 Å². The van der Waals surface area contributed by atoms with Crippen molar-refractivity contribution in [3.63, 3.8) is 0 Å². The molecule has 5 heterocycles. The predicted molar refractivity (Wildman–Crippen MR) is 298 cm³/mol. The van der Waals surface area contributed by atoms with Crippen molar-refractivity contribution in [3.05, 3.63) is 108 Å². The number of amides is 4. The lowest BCUT2D eigenvalue weighted by molar-refractivity contribution is -0.158. The van der Waals surface area contributed by atoms with Gasteiger partial charge in [-0.3, -0.25) is 48.4 Å². The number of ketones is 2. The Morgan fingerprint density at radius 2 is 1.55 bits per heavy atom. The van der Waals surface area contributed by atoms with E-state index in [9.17, 15) is 38.4 Å². The number of cyclic esters (lactones) is 1. The number of nitrogens with one attached hydrogen (secondary N) is 4. The molecule has 0 radical (unpaired) electrons. The molecule has 0 spiro atoms. The minimum absolute atomic E-state index is 0.0620. The van der Waals surface area contributed by atoms with E-state index in [1.165, 1.54) is 16.1 Å². The molecule has 4 N–H and O–H groups in total. The summed E-state index contributed by atoms with van der Waals surface area (Å²) in [6.45, 7) is 22.5. The summed E-state index contributed by atoms with van der Waals surface area (Å²) in [4.78, 5) is 112. The van der Waals surface area contributed by atoms with Crippen molar-refractivity contribution in [3.8, 4) is 0 Å². The van der Waals surface area contributed by atoms with Crippen LogP contribution in [-0.2, 0) is 47.8 Å². The van der Waals surface area contributed by atoms with E-state index in [2.05, 4.69) is 39.6 Å². The molecule has 2 fully saturated rings. The van der Waals surface area contributed by atoms with Crippen molar-refractivity contribution < 1.29 is 47.8 Å². The lowest BCUT2D eigenvalue weighted by atomic mass is 9.89. The Labute approximate surface area is 457 Å². The number of allylic oxidation sites excluding steroid dienone is 2. The highest BCUT2D eigenvalue weighted by Crippen LogP contribution is 2.27. The van der Waals surface area contributed by atoms with E-state index in [4.69, 9.17) is 14.5 Å². The normalized spacial score (nSPS) is 22.1. The molecule has 4 aromatic rings. The van der Waals surface area contributed by atoms with Crippen LogP contribution in [0.5, 0.6) is 0 Å². The first-order chi connectivity index (χ1) is 37.1. The second-order valence-corrected chi connectivity index (χ2v) is 21.1. The quantitative estimate of drug-likeness (QED) is 0.0740. The standard InChI is InChI=1S/C31H40N4O5.C29H36N4O5/c1-7-10-25(36)18-26(19(3)4)29(37)32-20(5)30(38)35-16-9-11-27(34-35)31(39)40-21(6)23-13-12-22-14-15-24(8-2)33-28(22)17-23;1-17(2)24-16-23(34)8-5-7-22-13-12-20-10-11-21(15-26(20)31-22)19(4)38-29(37)25-9-6-14-33(32-25)28(36)18(3)30-27(24)35/h7-8,12-15,17,19-21,26-27,34H,1-2,9-11,16,18H2,3-6H3,(H,32,37);5,7,10-13,15,17-19,24-25,32H,6,8-9,14,16H2,1-4H3,(H,30,35)/b;7-5+/t20-,21+,26-,27-;18-,19+,24-,25-/m00/s1. The van der Waals surface area contributed by atoms with Crippen LogP contribution in [0.3, 0.4) is 0 Å². The van der Waals surface area contributed by atoms with E-state index in [1.807, 2.05) is 88.4 Å². The molecule has 0 aliphatic carbocycles. The number of benzene rings is 2. The first kappa shape index (κ1) is 59.8. The number of Topliss-reactive ketones (excluding diaryl/α,β-unsaturated/α-hetero) is 2. The molecule has 2 aromatic carbocycles. The maximum Gasteiger partial charge on any atom is 0.325 e. The van der Waals surface area contributed by atoms with Gasteiger partial charge in [0.15, 0.2) is 0 Å². The maximum atomic E-state index is 13.1. The third-order valence-electron chi connectivity index (χ3n) is 14.3. The number of pyridine rings is 2. The number of aromatic nitrogens is 2. The second-order valence-electron chi connectivity index (χ2n) is 21.1. The number of nitrogens with zero attached hydrogens (tertiary/aromatic N) is 4. The van der Waals surface area contributed by atoms with Crippen molar-refractivity contribution >= 4 is 81.1 Å². The number of esters is 2. The fourth-order valence-electron chi connectivity index (χ4n) is 9.51. The van der Waals surface area contributed by atoms with Crippen molar-refractivity contribution in [2.45, 2.75) is 143 Å². The summed E-state index contributed by atoms with van der Waals surface area (Å²) in [5, 5.41) is 10.2. The summed E-state index contributed by atoms with van der Waals surface area (Å²) in [5.74, 6) is -3.70. The maximum absolute atomic E-state index is 13.1. The number of hydrogen-bond acceptors (Lipinski definition) is 14. The molecule has 5 bridgehead atoms. The second kappa shape index (κ2) is 27.7. The molecule has 3 aliphatic rings. The van der Waals surface area contributed by atoms with Crippen LogP contribution in [0, 0.1) is 23.7 Å². The molecule has 0 unspecified atom stereocenters. The third kappa shape index (κ3) is 16.1. The average Bonchev–Trinajstić information content (AvgIpc) is 3.46. The van der Waals surface area contributed by atoms with Gasteiger partial charge in [-0.05, 0) is 113 Å². The van der Waals surface area contributed by atoms with Crippen LogP contribution in [-0.4, -0.2) is 104 Å². The molecule has 3 aliphatic heterocycles. The van der Waals surface area contributed by atoms with Crippen molar-refractivity contribution in [1.29, 1.82) is 0 Å². The molecule has 18 nitrogen and oxygen atoms in total. The van der Waals surface area contributed by atoms with Crippen LogP contribution >= 0.6 is 0 Å². The van der Waals surface area contributed by atoms with Crippen molar-refractivity contribution in [2.75, 3.05) is 13.1 Å². The van der Waals surface area contributed by atoms with E-state index < -0.39 is 60.1 Å². The lowest BCUT2D eigenvalue weighted by Crippen LogP contribution is -2.59. The summed E-state index contributed by atoms with van der Waals surface area (Å²) in [6, 6.07) is 16.1. The van der Waals surface area contributed by atoms with Gasteiger partial charge in [-0.25, -0.2) is 20.8 Å². The van der Waals surface area contributed by atoms with Gasteiger partial charge in [-0.15, -0.1) is 6.58 Å². The SMILES string of the molecule is C=CCC(=O)C[C@H](C(=O)N[C@@H](C)C(=O)N1CCC[C@@H](C(=O)O[C@H](C)c2ccc3ccc(C=C)nc3c2)N1)C(C)C.CC(C)[C@@H]1CC(=O)C/C=C/c2ccc3ccc(cc3n2)[C@@H](C)OC(=O)[C@@H]2CCCN(N2)C(=O)[C@H](C)NC1=O. The van der Waals surface area contributed by atoms with Gasteiger partial charge in [0.05, 0.1) is 22.4 Å². The monoisotopic (exact) mass is 1070 g/mol. The molecule has 2 aromatic heterocycles. The predicted octanol–water partition coefficient (Wildman–Crippen LogP) is 7.78. The number of hydrazine groups is 2. The van der Waals surface area contributed by atoms with Gasteiger partial charge in [0.25, 0.3) is 11.8 Å². The zero-order chi connectivity index (χ0) is 56.8. The number of hydrogen-bond donors (Lipinski definition) is 4. The highest BCUT2D eigenvalue weighted by Gasteiger charge is 2.36. The Morgan fingerprint density at radius 3 is 2.26 bits per heavy atom. The summed E-state index contributed by atoms with van der Waals surface area (Å²) >= 11 is 0. The van der Waals surface area contributed by atoms with Crippen LogP contribution in [0.15, 0.2) is 86.0 Å². The smallest absolute Gasteiger partial charge is 0.325 e. The lowest BCUT2D eigenvalue weighted by Gasteiger charge is -2.35. The Morgan fingerprint density at radius 1 is 0.859 bits per heavy atom. The van der Waals surface area contributed by atoms with Crippen LogP contribution in [0.2, 0.25) is 0 Å². The van der Waals surface area contributed by atoms with Gasteiger partial charge in [0, 0.05) is 61.4 Å². The van der Waals surface area contributed by atoms with Gasteiger partial charge in [0.1, 0.15) is 47.9 Å². The van der Waals surface area contributed by atoms with Crippen LogP contribution in [0.1, 0.15) is 141 Å². The summed E-state index contributed by atoms with van der Waals surface area (Å²) in [7, 11) is 0. The van der Waals surface area contributed by atoms with E-state index in [1.54, 1.807) is 45.9 Å². The topological polar surface area (TPSA) is 235 Å². The Kier molecular flexibility index (Phi) is 21.3. The number of carbonyl (C=O) groups is 8. The van der Waals surface area contributed by atoms with E-state index in [0.717, 1.165) is 38.6 Å². The molecule has 78 heavy (non-hydrogen) atoms. The molecule has 2 saturated heterocycles. The van der Waals surface area contributed by atoms with E-state index >= 15 is 0 Å². The minimum Gasteiger partial charge on any atom is -0.457 e. The Hall–Kier alpha value is -7.44. The molecular weight excluding hydrogens is 993 g/mol. The zero-order valence-corrected chi connectivity index (χ0v) is 46.2. The van der Waals surface area contributed by atoms with Gasteiger partial charge >= 0.3 is 11.9 Å². The van der Waals surface area contributed by atoms with Gasteiger partial charge in [-0.1, -0.05) is 82.8 Å². The van der Waals surface area contributed by atoms with Gasteiger partial charge in [-0.2, -0.15) is 0 Å². The molecular formula is C60H76N8O10. The van der Waals surface area contributed by atoms with Crippen LogP contribution < -0.4 is 21.5 Å². The average molecular weight is 1070 g/mol. The van der Waals surface area contributed by atoms with Crippen LogP contribution in [0.25, 0.3) is 34.0 Å². The third-order valence-corrected chi connectivity index (χ3v) is 14.3. The van der Waals surface area contributed by atoms with E-state index in [0.29, 0.717) is 44.5 Å². The summed E-state index contributed by atoms with van der Waals surface area (Å²) < 4.78 is 11.5. The minimum atomic E-state index is -0.838. The molecule has 0 saturated carbocycles. The number of rotatable bonds is 13. The highest BCUT2D eigenvalue weighted by molar-refractivity contribution is 5.93. The number of carbonyl (C=O) groups excluding carboxylic acids is 8. The Bertz CT molecular complexity index is 2920. The van der Waals surface area contributed by atoms with E-state index in [-0.39, 0.29) is 72.7 Å². The Balaban J connectivity index is 0.000000253. The first-order valence-corrected chi connectivity index (χ1v) is 27.1. The van der Waals surface area contributed by atoms with Gasteiger partial charge in [0.2, 0.25) is 11.8 Å². The molecule has 18 heteroatoms. The van der Waals surface area contributed by atoms with Gasteiger partial charge < -0.3 is 20.1 Å². The highest BCUT2D eigenvalue weighted by atomic mass is 16.5. The number of fused-ring (bicyclic) bond motifs is 5. The first-order valence-electron chi connectivity index (χ1n) is 27.1. The van der Waals surface area contributed by atoms with Crippen LogP contribution in [0.4, 0.5) is 0 Å². The molecule has 4 amide bonds. The molecule has 8 atom stereocenters. The fourth-order valence-corrected chi connectivity index (χ4v) is 9.51. The summed E-state index contributed by atoms with van der Waals surface area (Å²) in [6.07, 6.45) is 8.52. The largest absolute Gasteiger partial charge is 0.457 e.